The number of benzene rings is 2. The van der Waals surface area contributed by atoms with E-state index in [0.717, 1.165) is 35.0 Å². The van der Waals surface area contributed by atoms with E-state index in [1.54, 1.807) is 17.4 Å². The van der Waals surface area contributed by atoms with Gasteiger partial charge in [0.2, 0.25) is 0 Å². The van der Waals surface area contributed by atoms with Gasteiger partial charge in [0, 0.05) is 42.0 Å². The Morgan fingerprint density at radius 2 is 1.97 bits per heavy atom. The molecule has 1 aliphatic rings. The molecule has 1 saturated heterocycles. The number of carbonyl (C=O) groups excluding carboxylic acids is 1. The molecule has 1 fully saturated rings. The van der Waals surface area contributed by atoms with E-state index in [9.17, 15) is 4.79 Å². The third-order valence-electron chi connectivity index (χ3n) is 5.08. The van der Waals surface area contributed by atoms with Crippen LogP contribution in [0.5, 0.6) is 0 Å². The zero-order valence-electron chi connectivity index (χ0n) is 17.4. The van der Waals surface area contributed by atoms with Crippen LogP contribution in [0.25, 0.3) is 10.6 Å². The molecular weight excluding hydrogens is 432 g/mol. The Bertz CT molecular complexity index is 1030. The number of rotatable bonds is 6. The van der Waals surface area contributed by atoms with E-state index in [-0.39, 0.29) is 6.03 Å². The molecule has 1 aliphatic heterocycles. The standard InChI is InChI=1S/C23H25ClN4O2S/c1-16-2-4-17(5-3-16)22-26-19(15-31-22)8-9-25-23(29)27-20-14-18(24)6-7-21(20)28-10-12-30-13-11-28/h2-7,14-15H,8-13H2,1H3,(H2,25,27,29). The highest BCUT2D eigenvalue weighted by atomic mass is 35.5. The van der Waals surface area contributed by atoms with Crippen molar-refractivity contribution < 1.29 is 9.53 Å². The number of nitrogens with one attached hydrogen (secondary N) is 2. The summed E-state index contributed by atoms with van der Waals surface area (Å²) in [6.45, 7) is 5.48. The van der Waals surface area contributed by atoms with Crippen molar-refractivity contribution in [1.82, 2.24) is 10.3 Å². The number of aromatic nitrogens is 1. The summed E-state index contributed by atoms with van der Waals surface area (Å²) in [5.41, 5.74) is 4.96. The summed E-state index contributed by atoms with van der Waals surface area (Å²) in [6.07, 6.45) is 0.668. The summed E-state index contributed by atoms with van der Waals surface area (Å²) in [7, 11) is 0. The Balaban J connectivity index is 1.32. The van der Waals surface area contributed by atoms with Crippen molar-refractivity contribution in [2.75, 3.05) is 43.1 Å². The third-order valence-corrected chi connectivity index (χ3v) is 6.25. The van der Waals surface area contributed by atoms with Gasteiger partial charge in [-0.2, -0.15) is 0 Å². The molecule has 2 aromatic carbocycles. The van der Waals surface area contributed by atoms with Gasteiger partial charge in [-0.3, -0.25) is 0 Å². The Morgan fingerprint density at radius 1 is 1.19 bits per heavy atom. The number of anilines is 2. The highest BCUT2D eigenvalue weighted by molar-refractivity contribution is 7.13. The van der Waals surface area contributed by atoms with Gasteiger partial charge in [0.15, 0.2) is 0 Å². The normalized spacial score (nSPS) is 13.8. The van der Waals surface area contributed by atoms with Crippen molar-refractivity contribution in [3.8, 4) is 10.6 Å². The maximum Gasteiger partial charge on any atom is 0.319 e. The first-order valence-electron chi connectivity index (χ1n) is 10.3. The fraction of sp³-hybridized carbons (Fsp3) is 0.304. The predicted octanol–water partition coefficient (Wildman–Crippen LogP) is 4.97. The van der Waals surface area contributed by atoms with Crippen LogP contribution in [-0.2, 0) is 11.2 Å². The van der Waals surface area contributed by atoms with E-state index in [2.05, 4.69) is 51.7 Å². The van der Waals surface area contributed by atoms with Gasteiger partial charge in [-0.05, 0) is 25.1 Å². The van der Waals surface area contributed by atoms with Gasteiger partial charge in [-0.15, -0.1) is 11.3 Å². The van der Waals surface area contributed by atoms with E-state index >= 15 is 0 Å². The third kappa shape index (κ3) is 5.76. The number of hydrogen-bond acceptors (Lipinski definition) is 5. The zero-order chi connectivity index (χ0) is 21.6. The second-order valence-electron chi connectivity index (χ2n) is 7.40. The summed E-state index contributed by atoms with van der Waals surface area (Å²) < 4.78 is 5.42. The molecule has 6 nitrogen and oxygen atoms in total. The van der Waals surface area contributed by atoms with Crippen molar-refractivity contribution in [3.63, 3.8) is 0 Å². The van der Waals surface area contributed by atoms with Gasteiger partial charge < -0.3 is 20.3 Å². The largest absolute Gasteiger partial charge is 0.378 e. The van der Waals surface area contributed by atoms with Gasteiger partial charge in [0.25, 0.3) is 0 Å². The number of urea groups is 1. The minimum absolute atomic E-state index is 0.259. The van der Waals surface area contributed by atoms with Gasteiger partial charge >= 0.3 is 6.03 Å². The second kappa shape index (κ2) is 10.1. The number of halogens is 1. The van der Waals surface area contributed by atoms with Crippen LogP contribution >= 0.6 is 22.9 Å². The van der Waals surface area contributed by atoms with Crippen LogP contribution in [0.1, 0.15) is 11.3 Å². The summed E-state index contributed by atoms with van der Waals surface area (Å²) in [6, 6.07) is 13.6. The van der Waals surface area contributed by atoms with Gasteiger partial charge in [0.05, 0.1) is 30.3 Å². The van der Waals surface area contributed by atoms with E-state index in [1.807, 2.05) is 17.5 Å². The van der Waals surface area contributed by atoms with Crippen LogP contribution in [0, 0.1) is 6.92 Å². The van der Waals surface area contributed by atoms with Crippen LogP contribution in [0.2, 0.25) is 5.02 Å². The summed E-state index contributed by atoms with van der Waals surface area (Å²) in [4.78, 5) is 19.4. The van der Waals surface area contributed by atoms with Crippen molar-refractivity contribution in [3.05, 3.63) is 64.1 Å². The minimum atomic E-state index is -0.259. The molecule has 31 heavy (non-hydrogen) atoms. The highest BCUT2D eigenvalue weighted by Gasteiger charge is 2.16. The minimum Gasteiger partial charge on any atom is -0.378 e. The van der Waals surface area contributed by atoms with E-state index in [0.29, 0.717) is 36.9 Å². The number of amides is 2. The Hall–Kier alpha value is -2.61. The lowest BCUT2D eigenvalue weighted by molar-refractivity contribution is 0.123. The van der Waals surface area contributed by atoms with E-state index < -0.39 is 0 Å². The molecule has 2 amide bonds. The first-order valence-corrected chi connectivity index (χ1v) is 11.5. The van der Waals surface area contributed by atoms with Crippen LogP contribution in [0.4, 0.5) is 16.2 Å². The lowest BCUT2D eigenvalue weighted by Crippen LogP contribution is -2.37. The summed E-state index contributed by atoms with van der Waals surface area (Å²) in [5, 5.41) is 9.47. The molecule has 2 heterocycles. The van der Waals surface area contributed by atoms with Crippen LogP contribution in [-0.4, -0.2) is 43.9 Å². The molecule has 162 valence electrons. The topological polar surface area (TPSA) is 66.5 Å². The molecule has 0 saturated carbocycles. The SMILES string of the molecule is Cc1ccc(-c2nc(CCNC(=O)Nc3cc(Cl)ccc3N3CCOCC3)cs2)cc1. The second-order valence-corrected chi connectivity index (χ2v) is 8.70. The first kappa shape index (κ1) is 21.6. The fourth-order valence-corrected chi connectivity index (χ4v) is 4.44. The molecule has 0 bridgehead atoms. The van der Waals surface area contributed by atoms with E-state index in [1.165, 1.54) is 5.56 Å². The van der Waals surface area contributed by atoms with Gasteiger partial charge in [-0.1, -0.05) is 41.4 Å². The zero-order valence-corrected chi connectivity index (χ0v) is 18.9. The maximum atomic E-state index is 12.5. The van der Waals surface area contributed by atoms with Crippen molar-refractivity contribution >= 4 is 40.3 Å². The number of nitrogens with zero attached hydrogens (tertiary/aromatic N) is 2. The molecule has 1 aromatic heterocycles. The maximum absolute atomic E-state index is 12.5. The average molecular weight is 457 g/mol. The lowest BCUT2D eigenvalue weighted by Gasteiger charge is -2.30. The Labute approximate surface area is 191 Å². The molecule has 8 heteroatoms. The number of carbonyl (C=O) groups is 1. The lowest BCUT2D eigenvalue weighted by atomic mass is 10.2. The van der Waals surface area contributed by atoms with Gasteiger partial charge in [-0.25, -0.2) is 9.78 Å². The van der Waals surface area contributed by atoms with Gasteiger partial charge in [0.1, 0.15) is 5.01 Å². The average Bonchev–Trinajstić information content (AvgIpc) is 3.24. The fourth-order valence-electron chi connectivity index (χ4n) is 3.41. The predicted molar refractivity (Wildman–Crippen MR) is 127 cm³/mol. The molecule has 0 atom stereocenters. The monoisotopic (exact) mass is 456 g/mol. The summed E-state index contributed by atoms with van der Waals surface area (Å²) in [5.74, 6) is 0. The molecule has 4 rings (SSSR count). The quantitative estimate of drug-likeness (QED) is 0.549. The number of morpholine rings is 1. The van der Waals surface area contributed by atoms with Crippen LogP contribution in [0.3, 0.4) is 0 Å². The number of ether oxygens (including phenoxy) is 1. The Morgan fingerprint density at radius 3 is 2.74 bits per heavy atom. The summed E-state index contributed by atoms with van der Waals surface area (Å²) >= 11 is 7.78. The van der Waals surface area contributed by atoms with Crippen molar-refractivity contribution in [2.45, 2.75) is 13.3 Å². The molecule has 0 spiro atoms. The molecule has 2 N–H and O–H groups in total. The van der Waals surface area contributed by atoms with E-state index in [4.69, 9.17) is 16.3 Å². The number of hydrogen-bond donors (Lipinski definition) is 2. The molecule has 0 radical (unpaired) electrons. The van der Waals surface area contributed by atoms with Crippen LogP contribution in [0.15, 0.2) is 47.8 Å². The smallest absolute Gasteiger partial charge is 0.319 e. The molecule has 3 aromatic rings. The van der Waals surface area contributed by atoms with Crippen molar-refractivity contribution in [1.29, 1.82) is 0 Å². The number of aryl methyl sites for hydroxylation is 1. The molecule has 0 aliphatic carbocycles. The van der Waals surface area contributed by atoms with Crippen LogP contribution < -0.4 is 15.5 Å². The van der Waals surface area contributed by atoms with Crippen molar-refractivity contribution in [2.24, 2.45) is 0 Å². The highest BCUT2D eigenvalue weighted by Crippen LogP contribution is 2.30. The Kier molecular flexibility index (Phi) is 7.06. The molecular formula is C23H25ClN4O2S. The number of thiazole rings is 1. The molecule has 0 unspecified atom stereocenters. The first-order chi connectivity index (χ1) is 15.1.